The lowest BCUT2D eigenvalue weighted by Gasteiger charge is -2.31. The summed E-state index contributed by atoms with van der Waals surface area (Å²) < 4.78 is 5.26. The Morgan fingerprint density at radius 3 is 2.24 bits per heavy atom. The Kier molecular flexibility index (Phi) is 6.42. The van der Waals surface area contributed by atoms with Crippen LogP contribution in [0.25, 0.3) is 0 Å². The number of nitrogens with zero attached hydrogens (tertiary/aromatic N) is 2. The molecule has 1 atom stereocenters. The van der Waals surface area contributed by atoms with Crippen LogP contribution in [0.3, 0.4) is 0 Å². The molecule has 0 spiro atoms. The van der Waals surface area contributed by atoms with Crippen molar-refractivity contribution in [3.05, 3.63) is 34.9 Å². The lowest BCUT2D eigenvalue weighted by atomic mass is 9.96. The van der Waals surface area contributed by atoms with Crippen molar-refractivity contribution in [2.24, 2.45) is 5.92 Å². The van der Waals surface area contributed by atoms with E-state index in [1.54, 1.807) is 50.2 Å². The molecule has 6 nitrogen and oxygen atoms in total. The van der Waals surface area contributed by atoms with E-state index in [9.17, 15) is 14.4 Å². The van der Waals surface area contributed by atoms with Gasteiger partial charge in [-0.05, 0) is 44.0 Å². The second-order valence-electron chi connectivity index (χ2n) is 6.39. The van der Waals surface area contributed by atoms with Crippen LogP contribution in [0.4, 0.5) is 0 Å². The lowest BCUT2D eigenvalue weighted by molar-refractivity contribution is -0.162. The first-order valence-corrected chi connectivity index (χ1v) is 8.64. The van der Waals surface area contributed by atoms with E-state index < -0.39 is 6.10 Å². The van der Waals surface area contributed by atoms with E-state index in [2.05, 4.69) is 0 Å². The molecule has 1 aromatic carbocycles. The van der Waals surface area contributed by atoms with Crippen molar-refractivity contribution in [1.82, 2.24) is 9.80 Å². The number of ether oxygens (including phenoxy) is 1. The summed E-state index contributed by atoms with van der Waals surface area (Å²) in [5.74, 6) is -0.976. The van der Waals surface area contributed by atoms with Gasteiger partial charge in [-0.3, -0.25) is 14.4 Å². The summed E-state index contributed by atoms with van der Waals surface area (Å²) in [6.45, 7) is 2.54. The fourth-order valence-corrected chi connectivity index (χ4v) is 2.90. The van der Waals surface area contributed by atoms with Crippen LogP contribution in [-0.2, 0) is 14.3 Å². The molecule has 0 radical (unpaired) electrons. The van der Waals surface area contributed by atoms with Crippen LogP contribution in [0.15, 0.2) is 24.3 Å². The molecule has 0 bridgehead atoms. The first-order chi connectivity index (χ1) is 11.8. The van der Waals surface area contributed by atoms with Gasteiger partial charge in [-0.15, -0.1) is 0 Å². The monoisotopic (exact) mass is 366 g/mol. The minimum atomic E-state index is -0.795. The van der Waals surface area contributed by atoms with Gasteiger partial charge in [0.25, 0.3) is 11.8 Å². The zero-order valence-corrected chi connectivity index (χ0v) is 15.5. The average molecular weight is 367 g/mol. The summed E-state index contributed by atoms with van der Waals surface area (Å²) in [6, 6.07) is 6.75. The first-order valence-electron chi connectivity index (χ1n) is 8.26. The summed E-state index contributed by atoms with van der Waals surface area (Å²) in [4.78, 5) is 39.5. The minimum Gasteiger partial charge on any atom is -0.452 e. The molecule has 2 amide bonds. The molecule has 2 rings (SSSR count). The molecule has 1 aliphatic heterocycles. The van der Waals surface area contributed by atoms with Crippen LogP contribution >= 0.6 is 11.6 Å². The molecular formula is C18H23ClN2O4. The molecule has 0 aliphatic carbocycles. The van der Waals surface area contributed by atoms with Crippen LogP contribution in [0.2, 0.25) is 5.02 Å². The smallest absolute Gasteiger partial charge is 0.309 e. The summed E-state index contributed by atoms with van der Waals surface area (Å²) in [6.07, 6.45) is 0.262. The van der Waals surface area contributed by atoms with E-state index in [0.717, 1.165) is 0 Å². The van der Waals surface area contributed by atoms with Crippen LogP contribution in [-0.4, -0.2) is 60.9 Å². The predicted octanol–water partition coefficient (Wildman–Crippen LogP) is 2.21. The highest BCUT2D eigenvalue weighted by Gasteiger charge is 2.31. The van der Waals surface area contributed by atoms with Crippen LogP contribution in [0.1, 0.15) is 30.1 Å². The van der Waals surface area contributed by atoms with Gasteiger partial charge >= 0.3 is 5.97 Å². The van der Waals surface area contributed by atoms with Crippen molar-refractivity contribution in [3.8, 4) is 0 Å². The normalized spacial score (nSPS) is 16.2. The van der Waals surface area contributed by atoms with Crippen molar-refractivity contribution in [3.63, 3.8) is 0 Å². The molecule has 1 heterocycles. The van der Waals surface area contributed by atoms with Gasteiger partial charge in [0.05, 0.1) is 5.92 Å². The highest BCUT2D eigenvalue weighted by molar-refractivity contribution is 6.30. The Bertz CT molecular complexity index is 637. The number of esters is 1. The summed E-state index contributed by atoms with van der Waals surface area (Å²) in [7, 11) is 3.24. The lowest BCUT2D eigenvalue weighted by Crippen LogP contribution is -2.42. The number of hydrogen-bond donors (Lipinski definition) is 0. The van der Waals surface area contributed by atoms with Crippen molar-refractivity contribution >= 4 is 29.4 Å². The number of carbonyl (C=O) groups excluding carboxylic acids is 3. The molecular weight excluding hydrogens is 344 g/mol. The number of halogens is 1. The number of carbonyl (C=O) groups is 3. The van der Waals surface area contributed by atoms with Crippen molar-refractivity contribution in [2.45, 2.75) is 25.9 Å². The third-order valence-corrected chi connectivity index (χ3v) is 4.54. The summed E-state index contributed by atoms with van der Waals surface area (Å²) >= 11 is 5.84. The van der Waals surface area contributed by atoms with Crippen molar-refractivity contribution in [1.29, 1.82) is 0 Å². The molecule has 25 heavy (non-hydrogen) atoms. The zero-order valence-electron chi connectivity index (χ0n) is 14.7. The van der Waals surface area contributed by atoms with Gasteiger partial charge in [0.15, 0.2) is 6.10 Å². The van der Waals surface area contributed by atoms with Gasteiger partial charge in [0.1, 0.15) is 0 Å². The molecule has 0 unspecified atom stereocenters. The number of rotatable bonds is 4. The number of piperidine rings is 1. The molecule has 7 heteroatoms. The van der Waals surface area contributed by atoms with Gasteiger partial charge in [-0.25, -0.2) is 0 Å². The van der Waals surface area contributed by atoms with E-state index in [-0.39, 0.29) is 23.7 Å². The van der Waals surface area contributed by atoms with E-state index in [1.807, 2.05) is 0 Å². The maximum absolute atomic E-state index is 12.4. The first kappa shape index (κ1) is 19.2. The third kappa shape index (κ3) is 4.95. The molecule has 136 valence electrons. The van der Waals surface area contributed by atoms with E-state index in [4.69, 9.17) is 16.3 Å². The van der Waals surface area contributed by atoms with E-state index >= 15 is 0 Å². The molecule has 1 aliphatic rings. The number of benzene rings is 1. The van der Waals surface area contributed by atoms with Gasteiger partial charge in [-0.1, -0.05) is 11.6 Å². The summed E-state index contributed by atoms with van der Waals surface area (Å²) in [5.41, 5.74) is 0.579. The maximum atomic E-state index is 12.4. The predicted molar refractivity (Wildman–Crippen MR) is 94.3 cm³/mol. The molecule has 0 N–H and O–H groups in total. The highest BCUT2D eigenvalue weighted by atomic mass is 35.5. The van der Waals surface area contributed by atoms with Crippen molar-refractivity contribution in [2.75, 3.05) is 27.2 Å². The number of hydrogen-bond acceptors (Lipinski definition) is 4. The van der Waals surface area contributed by atoms with Crippen LogP contribution < -0.4 is 0 Å². The third-order valence-electron chi connectivity index (χ3n) is 4.29. The molecule has 0 saturated carbocycles. The van der Waals surface area contributed by atoms with E-state index in [0.29, 0.717) is 36.5 Å². The second kappa shape index (κ2) is 8.34. The topological polar surface area (TPSA) is 66.9 Å². The quantitative estimate of drug-likeness (QED) is 0.766. The standard InChI is InChI=1S/C18H23ClN2O4/c1-12(16(22)20(2)3)25-18(24)14-8-10-21(11-9-14)17(23)13-4-6-15(19)7-5-13/h4-7,12,14H,8-11H2,1-3H3/t12-/m1/s1. The van der Waals surface area contributed by atoms with Gasteiger partial charge in [0.2, 0.25) is 0 Å². The SMILES string of the molecule is C[C@@H](OC(=O)C1CCN(C(=O)c2ccc(Cl)cc2)CC1)C(=O)N(C)C. The number of amides is 2. The van der Waals surface area contributed by atoms with Crippen LogP contribution in [0, 0.1) is 5.92 Å². The number of likely N-dealkylation sites (N-methyl/N-ethyl adjacent to an activating group) is 1. The number of likely N-dealkylation sites (tertiary alicyclic amines) is 1. The Hall–Kier alpha value is -2.08. The Morgan fingerprint density at radius 2 is 1.72 bits per heavy atom. The van der Waals surface area contributed by atoms with Crippen molar-refractivity contribution < 1.29 is 19.1 Å². The van der Waals surface area contributed by atoms with Crippen LogP contribution in [0.5, 0.6) is 0 Å². The molecule has 1 fully saturated rings. The summed E-state index contributed by atoms with van der Waals surface area (Å²) in [5, 5.41) is 0.583. The van der Waals surface area contributed by atoms with Gasteiger partial charge in [-0.2, -0.15) is 0 Å². The fraction of sp³-hybridized carbons (Fsp3) is 0.500. The maximum Gasteiger partial charge on any atom is 0.309 e. The Morgan fingerprint density at radius 1 is 1.16 bits per heavy atom. The molecule has 1 saturated heterocycles. The molecule has 0 aromatic heterocycles. The minimum absolute atomic E-state index is 0.0698. The average Bonchev–Trinajstić information content (AvgIpc) is 2.61. The second-order valence-corrected chi connectivity index (χ2v) is 6.82. The van der Waals surface area contributed by atoms with E-state index in [1.165, 1.54) is 4.90 Å². The van der Waals surface area contributed by atoms with Gasteiger partial charge in [0, 0.05) is 37.8 Å². The van der Waals surface area contributed by atoms with Gasteiger partial charge < -0.3 is 14.5 Å². The highest BCUT2D eigenvalue weighted by Crippen LogP contribution is 2.21. The zero-order chi connectivity index (χ0) is 18.6. The Balaban J connectivity index is 1.86. The largest absolute Gasteiger partial charge is 0.452 e. The molecule has 1 aromatic rings. The Labute approximate surface area is 152 Å². The fourth-order valence-electron chi connectivity index (χ4n) is 2.78.